The zero-order chi connectivity index (χ0) is 19.2. The molecule has 0 aliphatic carbocycles. The molecule has 138 valence electrons. The van der Waals surface area contributed by atoms with Crippen LogP contribution in [-0.2, 0) is 12.8 Å². The maximum atomic E-state index is 13.7. The number of carbonyl (C=O) groups is 1. The Morgan fingerprint density at radius 2 is 1.59 bits per heavy atom. The van der Waals surface area contributed by atoms with Crippen molar-refractivity contribution in [2.24, 2.45) is 0 Å². The number of carbonyl (C=O) groups excluding carboxylic acids is 1. The standard InChI is InChI=1S/C21H21FN4O/c1-3-14-8-7-9-15(4-2)19(14)26-20(27)16-12-23-21(24-13-16)25-18-11-6-5-10-17(18)22/h5-13H,3-4H2,1-2H3,(H,26,27)(H,23,24,25). The highest BCUT2D eigenvalue weighted by Gasteiger charge is 2.13. The number of para-hydroxylation sites is 2. The van der Waals surface area contributed by atoms with Gasteiger partial charge in [0.2, 0.25) is 5.95 Å². The third kappa shape index (κ3) is 4.28. The van der Waals surface area contributed by atoms with Crippen LogP contribution in [0.15, 0.2) is 54.9 Å². The van der Waals surface area contributed by atoms with E-state index < -0.39 is 5.82 Å². The normalized spacial score (nSPS) is 10.5. The van der Waals surface area contributed by atoms with E-state index in [0.29, 0.717) is 5.56 Å². The largest absolute Gasteiger partial charge is 0.322 e. The lowest BCUT2D eigenvalue weighted by Gasteiger charge is -2.14. The van der Waals surface area contributed by atoms with Crippen LogP contribution in [-0.4, -0.2) is 15.9 Å². The molecule has 1 heterocycles. The maximum Gasteiger partial charge on any atom is 0.258 e. The number of amides is 1. The van der Waals surface area contributed by atoms with Crippen LogP contribution in [0.1, 0.15) is 35.3 Å². The molecule has 0 aliphatic rings. The van der Waals surface area contributed by atoms with Crippen LogP contribution in [0.25, 0.3) is 0 Å². The molecular weight excluding hydrogens is 343 g/mol. The SMILES string of the molecule is CCc1cccc(CC)c1NC(=O)c1cnc(Nc2ccccc2F)nc1. The second-order valence-electron chi connectivity index (χ2n) is 6.01. The minimum absolute atomic E-state index is 0.222. The van der Waals surface area contributed by atoms with Gasteiger partial charge in [0.1, 0.15) is 5.82 Å². The summed E-state index contributed by atoms with van der Waals surface area (Å²) in [7, 11) is 0. The molecule has 3 aromatic rings. The summed E-state index contributed by atoms with van der Waals surface area (Å²) >= 11 is 0. The number of aryl methyl sites for hydroxylation is 2. The number of hydrogen-bond donors (Lipinski definition) is 2. The van der Waals surface area contributed by atoms with E-state index in [9.17, 15) is 9.18 Å². The predicted molar refractivity (Wildman–Crippen MR) is 105 cm³/mol. The Bertz CT molecular complexity index is 919. The van der Waals surface area contributed by atoms with Gasteiger partial charge in [-0.25, -0.2) is 14.4 Å². The van der Waals surface area contributed by atoms with Crippen LogP contribution >= 0.6 is 0 Å². The van der Waals surface area contributed by atoms with Gasteiger partial charge in [-0.3, -0.25) is 4.79 Å². The Kier molecular flexibility index (Phi) is 5.76. The van der Waals surface area contributed by atoms with Crippen molar-refractivity contribution in [2.75, 3.05) is 10.6 Å². The van der Waals surface area contributed by atoms with Gasteiger partial charge in [-0.1, -0.05) is 44.2 Å². The average molecular weight is 364 g/mol. The van der Waals surface area contributed by atoms with Gasteiger partial charge in [0.15, 0.2) is 0 Å². The zero-order valence-electron chi connectivity index (χ0n) is 15.3. The van der Waals surface area contributed by atoms with Crippen molar-refractivity contribution >= 4 is 23.2 Å². The Labute approximate surface area is 157 Å². The van der Waals surface area contributed by atoms with Crippen LogP contribution in [0.3, 0.4) is 0 Å². The molecule has 1 aromatic heterocycles. The molecule has 6 heteroatoms. The smallest absolute Gasteiger partial charge is 0.258 e. The second-order valence-corrected chi connectivity index (χ2v) is 6.01. The van der Waals surface area contributed by atoms with E-state index in [1.54, 1.807) is 18.2 Å². The highest BCUT2D eigenvalue weighted by atomic mass is 19.1. The lowest BCUT2D eigenvalue weighted by Crippen LogP contribution is -2.15. The molecular formula is C21H21FN4O. The Balaban J connectivity index is 1.76. The second kappa shape index (κ2) is 8.40. The molecule has 5 nitrogen and oxygen atoms in total. The highest BCUT2D eigenvalue weighted by molar-refractivity contribution is 6.04. The summed E-state index contributed by atoms with van der Waals surface area (Å²) < 4.78 is 13.7. The summed E-state index contributed by atoms with van der Waals surface area (Å²) in [6.45, 7) is 4.10. The molecule has 1 amide bonds. The van der Waals surface area contributed by atoms with Crippen LogP contribution < -0.4 is 10.6 Å². The fraction of sp³-hybridized carbons (Fsp3) is 0.190. The summed E-state index contributed by atoms with van der Waals surface area (Å²) in [5.74, 6) is -0.450. The van der Waals surface area contributed by atoms with Gasteiger partial charge >= 0.3 is 0 Å². The molecule has 0 atom stereocenters. The first-order valence-corrected chi connectivity index (χ1v) is 8.88. The Hall–Kier alpha value is -3.28. The molecule has 0 unspecified atom stereocenters. The van der Waals surface area contributed by atoms with Gasteiger partial charge in [-0.2, -0.15) is 0 Å². The summed E-state index contributed by atoms with van der Waals surface area (Å²) in [6, 6.07) is 12.3. The minimum Gasteiger partial charge on any atom is -0.322 e. The van der Waals surface area contributed by atoms with Crippen LogP contribution in [0.5, 0.6) is 0 Å². The van der Waals surface area contributed by atoms with Crippen molar-refractivity contribution < 1.29 is 9.18 Å². The number of hydrogen-bond acceptors (Lipinski definition) is 4. The molecule has 0 radical (unpaired) electrons. The molecule has 27 heavy (non-hydrogen) atoms. The first-order chi connectivity index (χ1) is 13.1. The first-order valence-electron chi connectivity index (χ1n) is 8.88. The van der Waals surface area contributed by atoms with Crippen LogP contribution in [0.4, 0.5) is 21.7 Å². The number of nitrogens with zero attached hydrogens (tertiary/aromatic N) is 2. The first kappa shape index (κ1) is 18.5. The molecule has 2 aromatic carbocycles. The number of rotatable bonds is 6. The monoisotopic (exact) mass is 364 g/mol. The predicted octanol–water partition coefficient (Wildman–Crippen LogP) is 4.74. The average Bonchev–Trinajstić information content (AvgIpc) is 2.70. The third-order valence-corrected chi connectivity index (χ3v) is 4.27. The van der Waals surface area contributed by atoms with E-state index in [1.165, 1.54) is 18.5 Å². The van der Waals surface area contributed by atoms with Crippen molar-refractivity contribution in [3.8, 4) is 0 Å². The Morgan fingerprint density at radius 3 is 2.19 bits per heavy atom. The summed E-state index contributed by atoms with van der Waals surface area (Å²) in [5.41, 5.74) is 3.63. The van der Waals surface area contributed by atoms with E-state index in [1.807, 2.05) is 18.2 Å². The van der Waals surface area contributed by atoms with E-state index in [0.717, 1.165) is 29.7 Å². The van der Waals surface area contributed by atoms with Gasteiger partial charge in [0.25, 0.3) is 5.91 Å². The van der Waals surface area contributed by atoms with Crippen molar-refractivity contribution in [2.45, 2.75) is 26.7 Å². The Morgan fingerprint density at radius 1 is 0.963 bits per heavy atom. The lowest BCUT2D eigenvalue weighted by molar-refractivity contribution is 0.102. The third-order valence-electron chi connectivity index (χ3n) is 4.27. The fourth-order valence-electron chi connectivity index (χ4n) is 2.78. The van der Waals surface area contributed by atoms with E-state index in [-0.39, 0.29) is 17.5 Å². The maximum absolute atomic E-state index is 13.7. The van der Waals surface area contributed by atoms with Crippen molar-refractivity contribution in [1.29, 1.82) is 0 Å². The van der Waals surface area contributed by atoms with Gasteiger partial charge in [0, 0.05) is 18.1 Å². The van der Waals surface area contributed by atoms with Crippen molar-refractivity contribution in [3.63, 3.8) is 0 Å². The molecule has 3 rings (SSSR count). The van der Waals surface area contributed by atoms with Gasteiger partial charge in [-0.05, 0) is 36.1 Å². The number of anilines is 3. The molecule has 0 saturated heterocycles. The highest BCUT2D eigenvalue weighted by Crippen LogP contribution is 2.23. The summed E-state index contributed by atoms with van der Waals surface area (Å²) in [6.07, 6.45) is 4.49. The van der Waals surface area contributed by atoms with Crippen molar-refractivity contribution in [1.82, 2.24) is 9.97 Å². The number of aromatic nitrogens is 2. The van der Waals surface area contributed by atoms with Crippen LogP contribution in [0, 0.1) is 5.82 Å². The van der Waals surface area contributed by atoms with Crippen LogP contribution in [0.2, 0.25) is 0 Å². The molecule has 0 bridgehead atoms. The van der Waals surface area contributed by atoms with E-state index in [2.05, 4.69) is 34.4 Å². The molecule has 0 saturated carbocycles. The van der Waals surface area contributed by atoms with Gasteiger partial charge in [-0.15, -0.1) is 0 Å². The quantitative estimate of drug-likeness (QED) is 0.663. The topological polar surface area (TPSA) is 66.9 Å². The number of nitrogens with one attached hydrogen (secondary N) is 2. The van der Waals surface area contributed by atoms with E-state index >= 15 is 0 Å². The van der Waals surface area contributed by atoms with Gasteiger partial charge < -0.3 is 10.6 Å². The molecule has 0 aliphatic heterocycles. The van der Waals surface area contributed by atoms with E-state index in [4.69, 9.17) is 0 Å². The van der Waals surface area contributed by atoms with Gasteiger partial charge in [0.05, 0.1) is 11.3 Å². The minimum atomic E-state index is -0.397. The molecule has 0 fully saturated rings. The zero-order valence-corrected chi connectivity index (χ0v) is 15.3. The van der Waals surface area contributed by atoms with Crippen molar-refractivity contribution in [3.05, 3.63) is 77.4 Å². The number of benzene rings is 2. The lowest BCUT2D eigenvalue weighted by atomic mass is 10.0. The summed E-state index contributed by atoms with van der Waals surface area (Å²) in [5, 5.41) is 5.77. The summed E-state index contributed by atoms with van der Waals surface area (Å²) in [4.78, 5) is 20.8. The molecule has 0 spiro atoms. The fourth-order valence-corrected chi connectivity index (χ4v) is 2.78. The number of halogens is 1. The molecule has 2 N–H and O–H groups in total.